The first kappa shape index (κ1) is 27.7. The van der Waals surface area contributed by atoms with Crippen LogP contribution in [0.4, 0.5) is 5.69 Å². The Morgan fingerprint density at radius 2 is 1.67 bits per heavy atom. The van der Waals surface area contributed by atoms with Crippen LogP contribution in [0.1, 0.15) is 51.0 Å². The molecule has 1 atom stereocenters. The van der Waals surface area contributed by atoms with Crippen molar-refractivity contribution in [1.29, 1.82) is 0 Å². The molecule has 0 spiro atoms. The molecule has 1 saturated carbocycles. The monoisotopic (exact) mass is 587 g/mol. The van der Waals surface area contributed by atoms with E-state index in [4.69, 9.17) is 23.2 Å². The van der Waals surface area contributed by atoms with Gasteiger partial charge in [-0.15, -0.1) is 0 Å². The number of anilines is 1. The minimum Gasteiger partial charge on any atom is -0.352 e. The van der Waals surface area contributed by atoms with Gasteiger partial charge in [0.1, 0.15) is 6.04 Å². The zero-order chi connectivity index (χ0) is 27.7. The lowest BCUT2D eigenvalue weighted by Gasteiger charge is -2.30. The van der Waals surface area contributed by atoms with Crippen LogP contribution in [-0.4, -0.2) is 43.8 Å². The largest absolute Gasteiger partial charge is 0.352 e. The van der Waals surface area contributed by atoms with Crippen LogP contribution in [0.15, 0.2) is 59.5 Å². The second kappa shape index (κ2) is 11.4. The molecule has 1 aliphatic heterocycles. The molecule has 2 amide bonds. The van der Waals surface area contributed by atoms with Gasteiger partial charge in [-0.2, -0.15) is 0 Å². The number of nitrogens with one attached hydrogen (secondary N) is 1. The molecular weight excluding hydrogens is 557 g/mol. The maximum Gasteiger partial charge on any atom is 0.265 e. The quantitative estimate of drug-likeness (QED) is 0.337. The van der Waals surface area contributed by atoms with Gasteiger partial charge in [-0.05, 0) is 55.8 Å². The predicted molar refractivity (Wildman–Crippen MR) is 155 cm³/mol. The summed E-state index contributed by atoms with van der Waals surface area (Å²) < 4.78 is 28.0. The number of halogens is 2. The van der Waals surface area contributed by atoms with E-state index in [1.54, 1.807) is 43.3 Å². The molecule has 0 unspecified atom stereocenters. The van der Waals surface area contributed by atoms with Crippen molar-refractivity contribution in [3.05, 3.63) is 70.2 Å². The first-order valence-electron chi connectivity index (χ1n) is 13.3. The van der Waals surface area contributed by atoms with Gasteiger partial charge in [0, 0.05) is 46.5 Å². The van der Waals surface area contributed by atoms with Gasteiger partial charge < -0.3 is 10.2 Å². The Labute approximate surface area is 239 Å². The Hall–Kier alpha value is -2.81. The van der Waals surface area contributed by atoms with Gasteiger partial charge >= 0.3 is 0 Å². The zero-order valence-corrected chi connectivity index (χ0v) is 24.0. The van der Waals surface area contributed by atoms with Gasteiger partial charge in [0.2, 0.25) is 11.8 Å². The third-order valence-electron chi connectivity index (χ3n) is 7.69. The number of hydrogen-bond donors (Lipinski definition) is 1. The van der Waals surface area contributed by atoms with Crippen LogP contribution in [0.3, 0.4) is 0 Å². The van der Waals surface area contributed by atoms with Gasteiger partial charge in [-0.3, -0.25) is 13.9 Å². The average Bonchev–Trinajstić information content (AvgIpc) is 3.49. The van der Waals surface area contributed by atoms with Crippen LogP contribution in [-0.2, 0) is 26.2 Å². The predicted octanol–water partition coefficient (Wildman–Crippen LogP) is 5.91. The number of carbonyl (C=O) groups is 2. The second-order valence-corrected chi connectivity index (χ2v) is 12.8. The third-order valence-corrected chi connectivity index (χ3v) is 10.3. The Kier molecular flexibility index (Phi) is 8.08. The summed E-state index contributed by atoms with van der Waals surface area (Å²) in [6.07, 6.45) is 4.36. The zero-order valence-electron chi connectivity index (χ0n) is 21.7. The second-order valence-electron chi connectivity index (χ2n) is 10.2. The molecule has 5 rings (SSSR count). The topological polar surface area (TPSA) is 86.8 Å². The first-order chi connectivity index (χ1) is 18.7. The molecule has 0 saturated heterocycles. The van der Waals surface area contributed by atoms with E-state index in [-0.39, 0.29) is 48.7 Å². The van der Waals surface area contributed by atoms with Crippen LogP contribution < -0.4 is 9.62 Å². The van der Waals surface area contributed by atoms with Gasteiger partial charge in [0.05, 0.1) is 10.6 Å². The summed E-state index contributed by atoms with van der Waals surface area (Å²) in [6.45, 7) is 1.92. The summed E-state index contributed by atoms with van der Waals surface area (Å²) in [4.78, 5) is 28.5. The highest BCUT2D eigenvalue weighted by atomic mass is 35.5. The van der Waals surface area contributed by atoms with Gasteiger partial charge in [-0.1, -0.05) is 66.4 Å². The van der Waals surface area contributed by atoms with E-state index >= 15 is 0 Å². The highest BCUT2D eigenvalue weighted by Gasteiger charge is 2.35. The Morgan fingerprint density at radius 1 is 1.03 bits per heavy atom. The minimum absolute atomic E-state index is 0.0570. The summed E-state index contributed by atoms with van der Waals surface area (Å²) in [5, 5.41) is 5.47. The van der Waals surface area contributed by atoms with E-state index in [1.807, 2.05) is 18.2 Å². The van der Waals surface area contributed by atoms with E-state index in [0.717, 1.165) is 31.1 Å². The molecule has 0 aromatic heterocycles. The number of nitrogens with zero attached hydrogens (tertiary/aromatic N) is 2. The van der Waals surface area contributed by atoms with Crippen LogP contribution in [0.2, 0.25) is 10.0 Å². The van der Waals surface area contributed by atoms with Gasteiger partial charge in [0.15, 0.2) is 0 Å². The molecule has 10 heteroatoms. The smallest absolute Gasteiger partial charge is 0.265 e. The fraction of sp³-hybridized carbons (Fsp3) is 0.379. The lowest BCUT2D eigenvalue weighted by atomic mass is 10.1. The molecule has 7 nitrogen and oxygen atoms in total. The number of carbonyl (C=O) groups excluding carboxylic acids is 2. The van der Waals surface area contributed by atoms with E-state index in [0.29, 0.717) is 26.7 Å². The number of amides is 2. The Bertz CT molecular complexity index is 1500. The molecule has 1 fully saturated rings. The van der Waals surface area contributed by atoms with Crippen molar-refractivity contribution in [3.8, 4) is 0 Å². The van der Waals surface area contributed by atoms with Crippen molar-refractivity contribution in [2.75, 3.05) is 10.8 Å². The summed E-state index contributed by atoms with van der Waals surface area (Å²) in [5.41, 5.74) is 1.19. The van der Waals surface area contributed by atoms with Crippen molar-refractivity contribution in [1.82, 2.24) is 10.2 Å². The van der Waals surface area contributed by atoms with Crippen LogP contribution >= 0.6 is 23.2 Å². The molecule has 2 aliphatic rings. The lowest BCUT2D eigenvalue weighted by Crippen LogP contribution is -2.49. The van der Waals surface area contributed by atoms with Crippen molar-refractivity contribution < 1.29 is 18.0 Å². The number of rotatable bonds is 9. The van der Waals surface area contributed by atoms with Crippen molar-refractivity contribution >= 4 is 61.5 Å². The van der Waals surface area contributed by atoms with E-state index in [9.17, 15) is 18.0 Å². The van der Waals surface area contributed by atoms with Crippen molar-refractivity contribution in [3.63, 3.8) is 0 Å². The van der Waals surface area contributed by atoms with Gasteiger partial charge in [0.25, 0.3) is 10.0 Å². The maximum absolute atomic E-state index is 13.6. The summed E-state index contributed by atoms with van der Waals surface area (Å²) in [7, 11) is -3.71. The van der Waals surface area contributed by atoms with Crippen LogP contribution in [0, 0.1) is 0 Å². The fourth-order valence-electron chi connectivity index (χ4n) is 5.54. The normalized spacial score (nSPS) is 16.9. The Balaban J connectivity index is 1.32. The number of sulfonamides is 1. The molecule has 3 aromatic carbocycles. The average molecular weight is 589 g/mol. The highest BCUT2D eigenvalue weighted by Crippen LogP contribution is 2.42. The number of hydrogen-bond acceptors (Lipinski definition) is 4. The Morgan fingerprint density at radius 3 is 2.36 bits per heavy atom. The highest BCUT2D eigenvalue weighted by molar-refractivity contribution is 7.93. The maximum atomic E-state index is 13.6. The summed E-state index contributed by atoms with van der Waals surface area (Å²) in [6, 6.07) is 15.3. The van der Waals surface area contributed by atoms with Crippen molar-refractivity contribution in [2.24, 2.45) is 0 Å². The number of benzene rings is 3. The third kappa shape index (κ3) is 5.47. The molecule has 1 aliphatic carbocycles. The molecular formula is C29H31Cl2N3O4S. The minimum atomic E-state index is -3.71. The molecule has 1 N–H and O–H groups in total. The molecule has 0 radical (unpaired) electrons. The molecule has 1 heterocycles. The SMILES string of the molecule is C[C@H](C(=O)NC1CCCC1)N(Cc1c(Cl)cccc1Cl)C(=O)CCCN1c2cccc3cccc(c23)S1(=O)=O. The van der Waals surface area contributed by atoms with Crippen LogP contribution in [0.5, 0.6) is 0 Å². The van der Waals surface area contributed by atoms with E-state index < -0.39 is 16.1 Å². The standard InChI is InChI=1S/C29H31Cl2N3O4S/c1-19(29(36)32-21-10-2-3-11-21)33(18-22-23(30)12-6-13-24(22)31)27(35)16-7-17-34-25-14-4-8-20-9-5-15-26(28(20)25)39(34,37)38/h4-6,8-9,12-15,19,21H,2-3,7,10-11,16-18H2,1H3,(H,32,36)/t19-/m1/s1. The fourth-order valence-corrected chi connectivity index (χ4v) is 7.81. The van der Waals surface area contributed by atoms with Crippen molar-refractivity contribution in [2.45, 2.75) is 69.0 Å². The first-order valence-corrected chi connectivity index (χ1v) is 15.5. The molecule has 206 valence electrons. The summed E-state index contributed by atoms with van der Waals surface area (Å²) in [5.74, 6) is -0.491. The summed E-state index contributed by atoms with van der Waals surface area (Å²) >= 11 is 12.8. The van der Waals surface area contributed by atoms with E-state index in [2.05, 4.69) is 5.32 Å². The van der Waals surface area contributed by atoms with E-state index in [1.165, 1.54) is 9.21 Å². The van der Waals surface area contributed by atoms with Crippen LogP contribution in [0.25, 0.3) is 10.8 Å². The lowest BCUT2D eigenvalue weighted by molar-refractivity contribution is -0.140. The molecule has 0 bridgehead atoms. The molecule has 3 aromatic rings. The molecule has 39 heavy (non-hydrogen) atoms. The van der Waals surface area contributed by atoms with Gasteiger partial charge in [-0.25, -0.2) is 8.42 Å².